The molecule has 0 fully saturated rings. The number of hydrogen-bond donors (Lipinski definition) is 0. The smallest absolute Gasteiger partial charge is 0.295 e. The van der Waals surface area contributed by atoms with Crippen LogP contribution >= 0.6 is 0 Å². The van der Waals surface area contributed by atoms with E-state index in [1.165, 1.54) is 12.2 Å². The Bertz CT molecular complexity index is 873. The number of amides is 1. The number of ether oxygens (including phenoxy) is 1. The quantitative estimate of drug-likeness (QED) is 0.640. The van der Waals surface area contributed by atoms with Gasteiger partial charge in [0.25, 0.3) is 5.91 Å². The molecule has 0 bridgehead atoms. The number of hydroxylamine groups is 2. The highest BCUT2D eigenvalue weighted by Gasteiger charge is 2.20. The van der Waals surface area contributed by atoms with Crippen LogP contribution in [-0.2, 0) is 11.4 Å². The van der Waals surface area contributed by atoms with Crippen molar-refractivity contribution in [2.75, 3.05) is 21.3 Å². The third-order valence-electron chi connectivity index (χ3n) is 4.12. The van der Waals surface area contributed by atoms with Crippen LogP contribution in [0.15, 0.2) is 60.7 Å². The van der Waals surface area contributed by atoms with E-state index in [0.29, 0.717) is 12.2 Å². The van der Waals surface area contributed by atoms with Crippen molar-refractivity contribution in [3.8, 4) is 17.0 Å². The van der Waals surface area contributed by atoms with E-state index in [4.69, 9.17) is 9.57 Å². The van der Waals surface area contributed by atoms with E-state index in [2.05, 4.69) is 5.10 Å². The molecule has 2 aromatic carbocycles. The highest BCUT2D eigenvalue weighted by molar-refractivity contribution is 5.93. The summed E-state index contributed by atoms with van der Waals surface area (Å²) in [6.07, 6.45) is 0. The fraction of sp³-hybridized carbons (Fsp3) is 0.200. The van der Waals surface area contributed by atoms with Crippen LogP contribution in [0.5, 0.6) is 5.75 Å². The van der Waals surface area contributed by atoms with Crippen molar-refractivity contribution >= 4 is 5.91 Å². The maximum Gasteiger partial charge on any atom is 0.295 e. The average molecular weight is 351 g/mol. The highest BCUT2D eigenvalue weighted by Crippen LogP contribution is 2.21. The van der Waals surface area contributed by atoms with Crippen LogP contribution < -0.4 is 4.74 Å². The van der Waals surface area contributed by atoms with E-state index in [-0.39, 0.29) is 5.91 Å². The van der Waals surface area contributed by atoms with Gasteiger partial charge in [-0.3, -0.25) is 14.3 Å². The molecule has 0 radical (unpaired) electrons. The first kappa shape index (κ1) is 17.7. The van der Waals surface area contributed by atoms with E-state index >= 15 is 0 Å². The minimum atomic E-state index is -0.254. The lowest BCUT2D eigenvalue weighted by Crippen LogP contribution is -2.28. The SMILES string of the molecule is COc1ccc(Cn2nc(-c3ccccc3)cc2C(=O)N(C)OC)cc1. The van der Waals surface area contributed by atoms with Crippen molar-refractivity contribution in [1.29, 1.82) is 0 Å². The van der Waals surface area contributed by atoms with Crippen LogP contribution in [0.2, 0.25) is 0 Å². The van der Waals surface area contributed by atoms with Crippen molar-refractivity contribution in [3.63, 3.8) is 0 Å². The predicted molar refractivity (Wildman–Crippen MR) is 98.9 cm³/mol. The Labute approximate surface area is 152 Å². The van der Waals surface area contributed by atoms with E-state index in [0.717, 1.165) is 22.6 Å². The zero-order valence-electron chi connectivity index (χ0n) is 15.0. The maximum absolute atomic E-state index is 12.7. The third kappa shape index (κ3) is 3.75. The van der Waals surface area contributed by atoms with Gasteiger partial charge in [-0.2, -0.15) is 5.10 Å². The number of carbonyl (C=O) groups is 1. The van der Waals surface area contributed by atoms with Crippen LogP contribution in [0.4, 0.5) is 0 Å². The summed E-state index contributed by atoms with van der Waals surface area (Å²) < 4.78 is 6.89. The number of nitrogens with zero attached hydrogens (tertiary/aromatic N) is 3. The molecule has 6 heteroatoms. The van der Waals surface area contributed by atoms with Crippen molar-refractivity contribution in [2.45, 2.75) is 6.54 Å². The van der Waals surface area contributed by atoms with Crippen molar-refractivity contribution in [3.05, 3.63) is 71.9 Å². The molecule has 134 valence electrons. The molecule has 3 aromatic rings. The Kier molecular flexibility index (Phi) is 5.34. The third-order valence-corrected chi connectivity index (χ3v) is 4.12. The standard InChI is InChI=1S/C20H21N3O3/c1-22(26-3)20(24)19-13-18(16-7-5-4-6-8-16)21-23(19)14-15-9-11-17(25-2)12-10-15/h4-13H,14H2,1-3H3. The number of carbonyl (C=O) groups excluding carboxylic acids is 1. The molecule has 0 N–H and O–H groups in total. The number of aromatic nitrogens is 2. The van der Waals surface area contributed by atoms with Gasteiger partial charge in [-0.1, -0.05) is 42.5 Å². The van der Waals surface area contributed by atoms with Crippen LogP contribution in [0.25, 0.3) is 11.3 Å². The van der Waals surface area contributed by atoms with E-state index < -0.39 is 0 Å². The lowest BCUT2D eigenvalue weighted by molar-refractivity contribution is -0.0763. The molecule has 1 aromatic heterocycles. The topological polar surface area (TPSA) is 56.6 Å². The summed E-state index contributed by atoms with van der Waals surface area (Å²) in [6, 6.07) is 19.2. The summed E-state index contributed by atoms with van der Waals surface area (Å²) in [5.74, 6) is 0.533. The molecule has 0 saturated heterocycles. The number of rotatable bonds is 6. The fourth-order valence-electron chi connectivity index (χ4n) is 2.61. The summed E-state index contributed by atoms with van der Waals surface area (Å²) in [6.45, 7) is 0.468. The van der Waals surface area contributed by atoms with Gasteiger partial charge in [0, 0.05) is 12.6 Å². The summed E-state index contributed by atoms with van der Waals surface area (Å²) in [5, 5.41) is 5.83. The van der Waals surface area contributed by atoms with Crippen molar-refractivity contribution in [2.24, 2.45) is 0 Å². The molecule has 1 amide bonds. The first-order valence-corrected chi connectivity index (χ1v) is 8.20. The average Bonchev–Trinajstić information content (AvgIpc) is 3.11. The normalized spacial score (nSPS) is 10.6. The predicted octanol–water partition coefficient (Wildman–Crippen LogP) is 3.24. The highest BCUT2D eigenvalue weighted by atomic mass is 16.7. The summed E-state index contributed by atoms with van der Waals surface area (Å²) in [5.41, 5.74) is 3.17. The minimum absolute atomic E-state index is 0.254. The van der Waals surface area contributed by atoms with Crippen molar-refractivity contribution in [1.82, 2.24) is 14.8 Å². The second-order valence-corrected chi connectivity index (χ2v) is 5.77. The van der Waals surface area contributed by atoms with Crippen molar-refractivity contribution < 1.29 is 14.4 Å². The molecule has 0 spiro atoms. The molecule has 0 atom stereocenters. The van der Waals surface area contributed by atoms with Crippen LogP contribution in [0.3, 0.4) is 0 Å². The van der Waals surface area contributed by atoms with Gasteiger partial charge >= 0.3 is 0 Å². The molecule has 0 saturated carbocycles. The van der Waals surface area contributed by atoms with Gasteiger partial charge in [0.1, 0.15) is 11.4 Å². The molecular weight excluding hydrogens is 330 g/mol. The Morgan fingerprint density at radius 2 is 1.77 bits per heavy atom. The molecule has 26 heavy (non-hydrogen) atoms. The van der Waals surface area contributed by atoms with Crippen LogP contribution in [0.1, 0.15) is 16.1 Å². The molecule has 0 aliphatic heterocycles. The molecule has 1 heterocycles. The molecule has 3 rings (SSSR count). The minimum Gasteiger partial charge on any atom is -0.497 e. The second-order valence-electron chi connectivity index (χ2n) is 5.77. The Hall–Kier alpha value is -3.12. The maximum atomic E-state index is 12.7. The monoisotopic (exact) mass is 351 g/mol. The van der Waals surface area contributed by atoms with Crippen LogP contribution in [-0.4, -0.2) is 42.0 Å². The van der Waals surface area contributed by atoms with Gasteiger partial charge in [-0.15, -0.1) is 0 Å². The summed E-state index contributed by atoms with van der Waals surface area (Å²) >= 11 is 0. The second kappa shape index (κ2) is 7.84. The first-order valence-electron chi connectivity index (χ1n) is 8.20. The Morgan fingerprint density at radius 1 is 1.08 bits per heavy atom. The largest absolute Gasteiger partial charge is 0.497 e. The molecule has 6 nitrogen and oxygen atoms in total. The summed E-state index contributed by atoms with van der Waals surface area (Å²) in [4.78, 5) is 17.7. The van der Waals surface area contributed by atoms with E-state index in [1.807, 2.05) is 54.6 Å². The van der Waals surface area contributed by atoms with Gasteiger partial charge in [0.2, 0.25) is 0 Å². The summed E-state index contributed by atoms with van der Waals surface area (Å²) in [7, 11) is 4.67. The van der Waals surface area contributed by atoms with E-state index in [9.17, 15) is 4.79 Å². The van der Waals surface area contributed by atoms with Gasteiger partial charge < -0.3 is 4.74 Å². The lowest BCUT2D eigenvalue weighted by atomic mass is 10.1. The van der Waals surface area contributed by atoms with Gasteiger partial charge in [-0.25, -0.2) is 5.06 Å². The molecule has 0 aliphatic rings. The fourth-order valence-corrected chi connectivity index (χ4v) is 2.61. The van der Waals surface area contributed by atoms with Crippen LogP contribution in [0, 0.1) is 0 Å². The zero-order chi connectivity index (χ0) is 18.5. The Balaban J connectivity index is 1.97. The van der Waals surface area contributed by atoms with E-state index in [1.54, 1.807) is 24.9 Å². The molecular formula is C20H21N3O3. The van der Waals surface area contributed by atoms with Gasteiger partial charge in [0.15, 0.2) is 0 Å². The molecule has 0 aliphatic carbocycles. The number of benzene rings is 2. The lowest BCUT2D eigenvalue weighted by Gasteiger charge is -2.14. The zero-order valence-corrected chi connectivity index (χ0v) is 15.0. The van der Waals surface area contributed by atoms with Gasteiger partial charge in [0.05, 0.1) is 26.5 Å². The molecule has 0 unspecified atom stereocenters. The first-order chi connectivity index (χ1) is 12.6. The van der Waals surface area contributed by atoms with Gasteiger partial charge in [-0.05, 0) is 23.8 Å². The Morgan fingerprint density at radius 3 is 2.38 bits per heavy atom. The number of methoxy groups -OCH3 is 1. The number of hydrogen-bond acceptors (Lipinski definition) is 4.